The molecule has 2 aliphatic rings. The van der Waals surface area contributed by atoms with Gasteiger partial charge in [0, 0.05) is 38.3 Å². The summed E-state index contributed by atoms with van der Waals surface area (Å²) < 4.78 is 10.3. The molecule has 2 fully saturated rings. The molecule has 0 saturated carbocycles. The Morgan fingerprint density at radius 3 is 2.12 bits per heavy atom. The molecule has 0 aliphatic carbocycles. The zero-order valence-electron chi connectivity index (χ0n) is 22.3. The van der Waals surface area contributed by atoms with Gasteiger partial charge in [0.2, 0.25) is 5.91 Å². The van der Waals surface area contributed by atoms with E-state index in [-0.39, 0.29) is 29.6 Å². The maximum atomic E-state index is 13.3. The molecule has 2 saturated heterocycles. The minimum atomic E-state index is -0.668. The monoisotopic (exact) mass is 541 g/mol. The Balaban J connectivity index is 1.14. The Bertz CT molecular complexity index is 1370. The van der Waals surface area contributed by atoms with Crippen molar-refractivity contribution in [1.82, 2.24) is 9.80 Å². The molecule has 0 spiro atoms. The second-order valence-corrected chi connectivity index (χ2v) is 9.86. The number of piperazine rings is 1. The lowest BCUT2D eigenvalue weighted by atomic mass is 10.1. The first-order valence-corrected chi connectivity index (χ1v) is 13.2. The molecule has 40 heavy (non-hydrogen) atoms. The third-order valence-corrected chi connectivity index (χ3v) is 7.33. The first kappa shape index (κ1) is 27.2. The van der Waals surface area contributed by atoms with Crippen LogP contribution in [0, 0.1) is 0 Å². The number of nitrogens with zero attached hydrogens (tertiary/aromatic N) is 3. The van der Waals surface area contributed by atoms with Gasteiger partial charge in [-0.2, -0.15) is 0 Å². The molecule has 1 unspecified atom stereocenters. The third kappa shape index (κ3) is 6.11. The van der Waals surface area contributed by atoms with E-state index in [4.69, 9.17) is 9.47 Å². The molecule has 3 aromatic rings. The fourth-order valence-corrected chi connectivity index (χ4v) is 5.07. The number of hydrogen-bond acceptors (Lipinski definition) is 8. The number of amides is 2. The second-order valence-electron chi connectivity index (χ2n) is 9.86. The van der Waals surface area contributed by atoms with Crippen molar-refractivity contribution < 1.29 is 28.7 Å². The molecule has 0 aromatic heterocycles. The highest BCUT2D eigenvalue weighted by atomic mass is 16.5. The van der Waals surface area contributed by atoms with Crippen LogP contribution in [-0.2, 0) is 20.9 Å². The first-order chi connectivity index (χ1) is 19.4. The van der Waals surface area contributed by atoms with E-state index >= 15 is 0 Å². The molecular formula is C31H31N3O6. The minimum absolute atomic E-state index is 0.134. The lowest BCUT2D eigenvalue weighted by Crippen LogP contribution is -2.52. The molecule has 206 valence electrons. The van der Waals surface area contributed by atoms with E-state index < -0.39 is 18.6 Å². The van der Waals surface area contributed by atoms with Crippen LogP contribution < -0.4 is 9.64 Å². The van der Waals surface area contributed by atoms with E-state index in [1.165, 1.54) is 29.7 Å². The van der Waals surface area contributed by atoms with Gasteiger partial charge in [-0.05, 0) is 54.1 Å². The highest BCUT2D eigenvalue weighted by molar-refractivity contribution is 6.22. The Hall–Kier alpha value is -4.34. The number of carbonyl (C=O) groups excluding carboxylic acids is 4. The smallest absolute Gasteiger partial charge is 0.338 e. The zero-order valence-corrected chi connectivity index (χ0v) is 22.3. The molecule has 0 N–H and O–H groups in total. The molecule has 1 atom stereocenters. The van der Waals surface area contributed by atoms with Gasteiger partial charge >= 0.3 is 5.97 Å². The lowest BCUT2D eigenvalue weighted by molar-refractivity contribution is -0.123. The number of benzene rings is 3. The number of carbonyl (C=O) groups is 4. The number of ketones is 1. The van der Waals surface area contributed by atoms with Crippen LogP contribution in [0.15, 0.2) is 78.9 Å². The summed E-state index contributed by atoms with van der Waals surface area (Å²) in [7, 11) is 1.53. The summed E-state index contributed by atoms with van der Waals surface area (Å²) in [5, 5.41) is 0. The van der Waals surface area contributed by atoms with Crippen molar-refractivity contribution in [3.05, 3.63) is 95.6 Å². The quantitative estimate of drug-likeness (QED) is 0.232. The molecule has 9 heteroatoms. The minimum Gasteiger partial charge on any atom is -0.497 e. The van der Waals surface area contributed by atoms with E-state index in [0.29, 0.717) is 30.1 Å². The largest absolute Gasteiger partial charge is 0.497 e. The summed E-state index contributed by atoms with van der Waals surface area (Å²) >= 11 is 0. The fraction of sp³-hybridized carbons (Fsp3) is 0.290. The van der Waals surface area contributed by atoms with Crippen LogP contribution >= 0.6 is 0 Å². The van der Waals surface area contributed by atoms with Gasteiger partial charge in [-0.15, -0.1) is 0 Å². The summed E-state index contributed by atoms with van der Waals surface area (Å²) in [4.78, 5) is 56.6. The summed E-state index contributed by atoms with van der Waals surface area (Å²) in [6.07, 6.45) is 0.134. The third-order valence-electron chi connectivity index (χ3n) is 7.33. The standard InChI is InChI=1S/C31H31N3O6/c1-39-26-13-9-23(10-14-26)28(35)21-40-31(38)24-7-11-25(12-8-24)34-29(36)19-27(30(34)37)33-17-15-32(16-18-33)20-22-5-3-2-4-6-22/h2-14,27H,15-21H2,1H3. The molecular weight excluding hydrogens is 510 g/mol. The van der Waals surface area contributed by atoms with Crippen LogP contribution in [0.2, 0.25) is 0 Å². The molecule has 9 nitrogen and oxygen atoms in total. The van der Waals surface area contributed by atoms with Gasteiger partial charge in [0.1, 0.15) is 5.75 Å². The molecule has 2 amide bonds. The highest BCUT2D eigenvalue weighted by Crippen LogP contribution is 2.27. The second kappa shape index (κ2) is 12.2. The van der Waals surface area contributed by atoms with Gasteiger partial charge in [0.05, 0.1) is 30.8 Å². The Morgan fingerprint density at radius 1 is 0.825 bits per heavy atom. The molecule has 3 aromatic carbocycles. The number of anilines is 1. The predicted octanol–water partition coefficient (Wildman–Crippen LogP) is 3.18. The Labute approximate surface area is 232 Å². The van der Waals surface area contributed by atoms with Crippen molar-refractivity contribution in [3.63, 3.8) is 0 Å². The number of methoxy groups -OCH3 is 1. The van der Waals surface area contributed by atoms with Crippen molar-refractivity contribution in [2.24, 2.45) is 0 Å². The van der Waals surface area contributed by atoms with E-state index in [1.54, 1.807) is 36.4 Å². The van der Waals surface area contributed by atoms with Gasteiger partial charge in [-0.25, -0.2) is 9.69 Å². The summed E-state index contributed by atoms with van der Waals surface area (Å²) in [5.74, 6) is -0.896. The van der Waals surface area contributed by atoms with E-state index in [1.807, 2.05) is 18.2 Å². The molecule has 5 rings (SSSR count). The van der Waals surface area contributed by atoms with Crippen molar-refractivity contribution in [2.75, 3.05) is 44.8 Å². The van der Waals surface area contributed by atoms with Crippen LogP contribution in [0.1, 0.15) is 32.7 Å². The number of rotatable bonds is 9. The Morgan fingerprint density at radius 2 is 1.48 bits per heavy atom. The van der Waals surface area contributed by atoms with Gasteiger partial charge in [0.25, 0.3) is 5.91 Å². The topological polar surface area (TPSA) is 96.5 Å². The van der Waals surface area contributed by atoms with Crippen LogP contribution in [0.5, 0.6) is 5.75 Å². The SMILES string of the molecule is COc1ccc(C(=O)COC(=O)c2ccc(N3C(=O)CC(N4CCN(Cc5ccccc5)CC4)C3=O)cc2)cc1. The summed E-state index contributed by atoms with van der Waals surface area (Å²) in [5.41, 5.74) is 2.29. The number of imide groups is 1. The van der Waals surface area contributed by atoms with Gasteiger partial charge < -0.3 is 9.47 Å². The number of esters is 1. The zero-order chi connectivity index (χ0) is 28.1. The van der Waals surface area contributed by atoms with Crippen LogP contribution in [0.4, 0.5) is 5.69 Å². The highest BCUT2D eigenvalue weighted by Gasteiger charge is 2.43. The average Bonchev–Trinajstić information content (AvgIpc) is 3.30. The van der Waals surface area contributed by atoms with E-state index in [2.05, 4.69) is 21.9 Å². The van der Waals surface area contributed by atoms with Crippen molar-refractivity contribution in [3.8, 4) is 5.75 Å². The van der Waals surface area contributed by atoms with Gasteiger partial charge in [0.15, 0.2) is 12.4 Å². The van der Waals surface area contributed by atoms with Crippen LogP contribution in [-0.4, -0.2) is 79.3 Å². The number of Topliss-reactive ketones (excluding diaryl/α,β-unsaturated/α-hetero) is 1. The van der Waals surface area contributed by atoms with Crippen molar-refractivity contribution in [2.45, 2.75) is 19.0 Å². The van der Waals surface area contributed by atoms with Gasteiger partial charge in [-0.3, -0.25) is 24.2 Å². The van der Waals surface area contributed by atoms with Crippen molar-refractivity contribution >= 4 is 29.3 Å². The Kier molecular flexibility index (Phi) is 8.33. The number of hydrogen-bond donors (Lipinski definition) is 0. The van der Waals surface area contributed by atoms with Gasteiger partial charge in [-0.1, -0.05) is 30.3 Å². The summed E-state index contributed by atoms with van der Waals surface area (Å²) in [6, 6.07) is 22.4. The molecule has 2 aliphatic heterocycles. The average molecular weight is 542 g/mol. The maximum absolute atomic E-state index is 13.3. The van der Waals surface area contributed by atoms with Crippen molar-refractivity contribution in [1.29, 1.82) is 0 Å². The van der Waals surface area contributed by atoms with E-state index in [9.17, 15) is 19.2 Å². The molecule has 0 radical (unpaired) electrons. The maximum Gasteiger partial charge on any atom is 0.338 e. The molecule has 0 bridgehead atoms. The van der Waals surface area contributed by atoms with Crippen LogP contribution in [0.3, 0.4) is 0 Å². The molecule has 2 heterocycles. The fourth-order valence-electron chi connectivity index (χ4n) is 5.07. The summed E-state index contributed by atoms with van der Waals surface area (Å²) in [6.45, 7) is 3.53. The van der Waals surface area contributed by atoms with Crippen LogP contribution in [0.25, 0.3) is 0 Å². The first-order valence-electron chi connectivity index (χ1n) is 13.2. The number of ether oxygens (including phenoxy) is 2. The lowest BCUT2D eigenvalue weighted by Gasteiger charge is -2.37. The normalized spacial score (nSPS) is 18.1. The predicted molar refractivity (Wildman–Crippen MR) is 148 cm³/mol. The van der Waals surface area contributed by atoms with E-state index in [0.717, 1.165) is 19.6 Å².